The largest absolute Gasteiger partial charge is 0.255 e. The van der Waals surface area contributed by atoms with Crippen LogP contribution in [0.25, 0.3) is 16.2 Å². The summed E-state index contributed by atoms with van der Waals surface area (Å²) in [5, 5.41) is 6.71. The van der Waals surface area contributed by atoms with E-state index < -0.39 is 0 Å². The molecule has 0 radical (unpaired) electrons. The maximum atomic E-state index is 6.22. The van der Waals surface area contributed by atoms with Crippen molar-refractivity contribution in [3.63, 3.8) is 0 Å². The number of halogens is 2. The molecular formula is C9H4Cl2N4S. The van der Waals surface area contributed by atoms with E-state index in [0.29, 0.717) is 21.6 Å². The van der Waals surface area contributed by atoms with E-state index in [1.54, 1.807) is 11.3 Å². The molecule has 0 aliphatic carbocycles. The van der Waals surface area contributed by atoms with Gasteiger partial charge in [0.15, 0.2) is 0 Å². The lowest BCUT2D eigenvalue weighted by Crippen LogP contribution is -1.96. The van der Waals surface area contributed by atoms with E-state index in [9.17, 15) is 0 Å². The van der Waals surface area contributed by atoms with Gasteiger partial charge in [0.05, 0.1) is 5.56 Å². The highest BCUT2D eigenvalue weighted by molar-refractivity contribution is 7.13. The number of nitrogens with zero attached hydrogens (tertiary/aromatic N) is 4. The van der Waals surface area contributed by atoms with Crippen LogP contribution < -0.4 is 0 Å². The van der Waals surface area contributed by atoms with Gasteiger partial charge in [0.1, 0.15) is 16.6 Å². The van der Waals surface area contributed by atoms with Crippen LogP contribution >= 0.6 is 34.5 Å². The second-order valence-corrected chi connectivity index (χ2v) is 4.68. The molecule has 0 bridgehead atoms. The second kappa shape index (κ2) is 3.69. The van der Waals surface area contributed by atoms with Gasteiger partial charge < -0.3 is 0 Å². The van der Waals surface area contributed by atoms with Gasteiger partial charge >= 0.3 is 0 Å². The topological polar surface area (TPSA) is 43.1 Å². The van der Waals surface area contributed by atoms with Gasteiger partial charge in [-0.05, 0) is 11.4 Å². The van der Waals surface area contributed by atoms with E-state index in [4.69, 9.17) is 23.2 Å². The van der Waals surface area contributed by atoms with Crippen molar-refractivity contribution in [2.45, 2.75) is 0 Å². The quantitative estimate of drug-likeness (QED) is 0.638. The van der Waals surface area contributed by atoms with Crippen molar-refractivity contribution < 1.29 is 0 Å². The molecule has 0 aliphatic rings. The van der Waals surface area contributed by atoms with Crippen LogP contribution in [0.5, 0.6) is 0 Å². The SMILES string of the molecule is Clc1nc2ncnn2c(Cl)c1-c1cccs1. The van der Waals surface area contributed by atoms with Crippen LogP contribution in [0.2, 0.25) is 10.3 Å². The molecule has 0 aromatic carbocycles. The fourth-order valence-electron chi connectivity index (χ4n) is 1.41. The highest BCUT2D eigenvalue weighted by Gasteiger charge is 2.16. The van der Waals surface area contributed by atoms with Crippen LogP contribution in [0, 0.1) is 0 Å². The first-order valence-corrected chi connectivity index (χ1v) is 5.99. The Morgan fingerprint density at radius 3 is 2.94 bits per heavy atom. The van der Waals surface area contributed by atoms with Gasteiger partial charge in [0.25, 0.3) is 5.78 Å². The Bertz CT molecular complexity index is 647. The van der Waals surface area contributed by atoms with E-state index in [0.717, 1.165) is 4.88 Å². The van der Waals surface area contributed by atoms with Gasteiger partial charge in [-0.1, -0.05) is 29.3 Å². The van der Waals surface area contributed by atoms with E-state index >= 15 is 0 Å². The number of thiophene rings is 1. The average molecular weight is 271 g/mol. The van der Waals surface area contributed by atoms with Crippen molar-refractivity contribution in [1.82, 2.24) is 19.6 Å². The van der Waals surface area contributed by atoms with Crippen LogP contribution in [0.3, 0.4) is 0 Å². The fraction of sp³-hybridized carbons (Fsp3) is 0. The predicted molar refractivity (Wildman–Crippen MR) is 64.1 cm³/mol. The molecule has 0 amide bonds. The Morgan fingerprint density at radius 1 is 1.31 bits per heavy atom. The minimum atomic E-state index is 0.341. The van der Waals surface area contributed by atoms with Crippen LogP contribution in [-0.4, -0.2) is 19.6 Å². The van der Waals surface area contributed by atoms with E-state index in [1.165, 1.54) is 10.8 Å². The Hall–Kier alpha value is -1.17. The Kier molecular flexibility index (Phi) is 2.31. The number of fused-ring (bicyclic) bond motifs is 1. The van der Waals surface area contributed by atoms with Crippen LogP contribution in [0.15, 0.2) is 23.8 Å². The molecular weight excluding hydrogens is 267 g/mol. The number of rotatable bonds is 1. The summed E-state index contributed by atoms with van der Waals surface area (Å²) in [6.07, 6.45) is 1.39. The molecule has 0 spiro atoms. The lowest BCUT2D eigenvalue weighted by Gasteiger charge is -2.04. The minimum absolute atomic E-state index is 0.341. The zero-order valence-corrected chi connectivity index (χ0v) is 10.1. The van der Waals surface area contributed by atoms with Gasteiger partial charge in [0, 0.05) is 4.88 Å². The molecule has 4 nitrogen and oxygen atoms in total. The van der Waals surface area contributed by atoms with Crippen LogP contribution in [-0.2, 0) is 0 Å². The highest BCUT2D eigenvalue weighted by atomic mass is 35.5. The normalized spacial score (nSPS) is 11.1. The minimum Gasteiger partial charge on any atom is -0.198 e. The molecule has 16 heavy (non-hydrogen) atoms. The third kappa shape index (κ3) is 1.40. The van der Waals surface area contributed by atoms with Crippen molar-refractivity contribution in [2.75, 3.05) is 0 Å². The maximum Gasteiger partial charge on any atom is 0.255 e. The van der Waals surface area contributed by atoms with Crippen molar-refractivity contribution >= 4 is 40.3 Å². The summed E-state index contributed by atoms with van der Waals surface area (Å²) < 4.78 is 1.46. The van der Waals surface area contributed by atoms with Gasteiger partial charge in [-0.3, -0.25) is 0 Å². The molecule has 7 heteroatoms. The molecule has 3 rings (SSSR count). The van der Waals surface area contributed by atoms with Crippen molar-refractivity contribution in [3.05, 3.63) is 34.1 Å². The molecule has 0 N–H and O–H groups in total. The molecule has 0 aliphatic heterocycles. The molecule has 0 fully saturated rings. The summed E-state index contributed by atoms with van der Waals surface area (Å²) in [6, 6.07) is 3.86. The summed E-state index contributed by atoms with van der Waals surface area (Å²) in [6.45, 7) is 0. The molecule has 0 atom stereocenters. The highest BCUT2D eigenvalue weighted by Crippen LogP contribution is 2.35. The van der Waals surface area contributed by atoms with E-state index in [2.05, 4.69) is 15.1 Å². The average Bonchev–Trinajstić information content (AvgIpc) is 2.87. The summed E-state index contributed by atoms with van der Waals surface area (Å²) in [5.74, 6) is 0.398. The molecule has 0 saturated carbocycles. The maximum absolute atomic E-state index is 6.22. The van der Waals surface area contributed by atoms with Gasteiger partial charge in [-0.25, -0.2) is 0 Å². The first-order chi connectivity index (χ1) is 7.77. The lowest BCUT2D eigenvalue weighted by atomic mass is 10.3. The predicted octanol–water partition coefficient (Wildman–Crippen LogP) is 3.16. The monoisotopic (exact) mass is 270 g/mol. The number of hydrogen-bond acceptors (Lipinski definition) is 4. The summed E-state index contributed by atoms with van der Waals surface area (Å²) in [4.78, 5) is 9.03. The third-order valence-corrected chi connectivity index (χ3v) is 3.60. The lowest BCUT2D eigenvalue weighted by molar-refractivity contribution is 0.942. The Balaban J connectivity index is 2.39. The molecule has 80 valence electrons. The smallest absolute Gasteiger partial charge is 0.198 e. The van der Waals surface area contributed by atoms with E-state index in [-0.39, 0.29) is 0 Å². The van der Waals surface area contributed by atoms with Crippen LogP contribution in [0.4, 0.5) is 0 Å². The van der Waals surface area contributed by atoms with Gasteiger partial charge in [-0.2, -0.15) is 19.6 Å². The Labute approximate surface area is 104 Å². The van der Waals surface area contributed by atoms with Gasteiger partial charge in [-0.15, -0.1) is 11.3 Å². The number of hydrogen-bond donors (Lipinski definition) is 0. The summed E-state index contributed by atoms with van der Waals surface area (Å²) in [5.41, 5.74) is 0.691. The number of aromatic nitrogens is 4. The fourth-order valence-corrected chi connectivity index (χ4v) is 2.92. The zero-order chi connectivity index (χ0) is 11.1. The first kappa shape index (κ1) is 10.0. The molecule has 3 aromatic heterocycles. The first-order valence-electron chi connectivity index (χ1n) is 4.36. The summed E-state index contributed by atoms with van der Waals surface area (Å²) in [7, 11) is 0. The van der Waals surface area contributed by atoms with Crippen molar-refractivity contribution in [1.29, 1.82) is 0 Å². The van der Waals surface area contributed by atoms with Crippen molar-refractivity contribution in [2.24, 2.45) is 0 Å². The molecule has 0 unspecified atom stereocenters. The molecule has 3 aromatic rings. The molecule has 3 heterocycles. The zero-order valence-electron chi connectivity index (χ0n) is 7.76. The molecule has 0 saturated heterocycles. The third-order valence-electron chi connectivity index (χ3n) is 2.09. The van der Waals surface area contributed by atoms with Crippen LogP contribution in [0.1, 0.15) is 0 Å². The standard InChI is InChI=1S/C9H4Cl2N4S/c10-7-6(5-2-1-3-16-5)8(11)15-9(14-7)12-4-13-15/h1-4H. The van der Waals surface area contributed by atoms with Crippen molar-refractivity contribution in [3.8, 4) is 10.4 Å². The van der Waals surface area contributed by atoms with E-state index in [1.807, 2.05) is 17.5 Å². The van der Waals surface area contributed by atoms with Gasteiger partial charge in [0.2, 0.25) is 0 Å². The summed E-state index contributed by atoms with van der Waals surface area (Å²) >= 11 is 13.9. The Morgan fingerprint density at radius 2 is 2.19 bits per heavy atom. The second-order valence-electron chi connectivity index (χ2n) is 3.02.